The Morgan fingerprint density at radius 1 is 1.32 bits per heavy atom. The summed E-state index contributed by atoms with van der Waals surface area (Å²) in [4.78, 5) is 4.80. The Hall–Kier alpha value is -1.77. The van der Waals surface area contributed by atoms with Gasteiger partial charge in [-0.2, -0.15) is 0 Å². The van der Waals surface area contributed by atoms with Crippen molar-refractivity contribution in [3.05, 3.63) is 47.4 Å². The Labute approximate surface area is 114 Å². The molecule has 0 spiro atoms. The van der Waals surface area contributed by atoms with Crippen LogP contribution in [0.2, 0.25) is 0 Å². The Morgan fingerprint density at radius 2 is 2.05 bits per heavy atom. The van der Waals surface area contributed by atoms with Crippen molar-refractivity contribution in [2.24, 2.45) is 5.92 Å². The smallest absolute Gasteiger partial charge is 0.127 e. The van der Waals surface area contributed by atoms with Crippen molar-refractivity contribution >= 4 is 5.82 Å². The first-order valence-corrected chi connectivity index (χ1v) is 7.06. The van der Waals surface area contributed by atoms with E-state index in [4.69, 9.17) is 10.7 Å². The second kappa shape index (κ2) is 4.72. The summed E-state index contributed by atoms with van der Waals surface area (Å²) < 4.78 is 2.21. The monoisotopic (exact) mass is 255 g/mol. The van der Waals surface area contributed by atoms with E-state index in [1.807, 2.05) is 6.07 Å². The number of rotatable bonds is 2. The van der Waals surface area contributed by atoms with Crippen molar-refractivity contribution in [1.82, 2.24) is 9.55 Å². The van der Waals surface area contributed by atoms with Gasteiger partial charge in [-0.15, -0.1) is 0 Å². The molecule has 3 rings (SSSR count). The van der Waals surface area contributed by atoms with Gasteiger partial charge in [0, 0.05) is 18.9 Å². The highest BCUT2D eigenvalue weighted by Crippen LogP contribution is 2.31. The van der Waals surface area contributed by atoms with Crippen molar-refractivity contribution < 1.29 is 0 Å². The van der Waals surface area contributed by atoms with Gasteiger partial charge in [-0.1, -0.05) is 44.2 Å². The van der Waals surface area contributed by atoms with Crippen molar-refractivity contribution in [2.45, 2.75) is 39.2 Å². The van der Waals surface area contributed by atoms with Crippen LogP contribution in [-0.4, -0.2) is 9.55 Å². The molecule has 0 amide bonds. The van der Waals surface area contributed by atoms with Crippen LogP contribution < -0.4 is 5.73 Å². The Morgan fingerprint density at radius 3 is 2.79 bits per heavy atom. The first-order chi connectivity index (χ1) is 9.16. The minimum Gasteiger partial charge on any atom is -0.384 e. The molecule has 2 N–H and O–H groups in total. The molecular formula is C16H21N3. The molecule has 0 saturated heterocycles. The highest BCUT2D eigenvalue weighted by molar-refractivity contribution is 5.45. The number of hydrogen-bond donors (Lipinski definition) is 1. The second-order valence-corrected chi connectivity index (χ2v) is 5.69. The molecule has 3 nitrogen and oxygen atoms in total. The largest absolute Gasteiger partial charge is 0.384 e. The van der Waals surface area contributed by atoms with Crippen molar-refractivity contribution in [2.75, 3.05) is 5.73 Å². The van der Waals surface area contributed by atoms with Crippen LogP contribution in [0.25, 0.3) is 0 Å². The van der Waals surface area contributed by atoms with Gasteiger partial charge in [0.1, 0.15) is 11.6 Å². The number of nitrogen functional groups attached to an aromatic ring is 1. The van der Waals surface area contributed by atoms with E-state index in [9.17, 15) is 0 Å². The van der Waals surface area contributed by atoms with E-state index in [0.717, 1.165) is 30.3 Å². The van der Waals surface area contributed by atoms with Gasteiger partial charge in [-0.3, -0.25) is 0 Å². The summed E-state index contributed by atoms with van der Waals surface area (Å²) in [5.74, 6) is 2.98. The zero-order valence-corrected chi connectivity index (χ0v) is 11.6. The number of hydrogen-bond acceptors (Lipinski definition) is 2. The maximum atomic E-state index is 6.33. The van der Waals surface area contributed by atoms with E-state index in [1.54, 1.807) is 0 Å². The second-order valence-electron chi connectivity index (χ2n) is 5.69. The lowest BCUT2D eigenvalue weighted by Crippen LogP contribution is -2.19. The van der Waals surface area contributed by atoms with Crippen LogP contribution in [0.4, 0.5) is 5.82 Å². The Kier molecular flexibility index (Phi) is 3.05. The van der Waals surface area contributed by atoms with E-state index < -0.39 is 0 Å². The van der Waals surface area contributed by atoms with E-state index in [0.29, 0.717) is 5.92 Å². The predicted octanol–water partition coefficient (Wildman–Crippen LogP) is 3.20. The fraction of sp³-hybridized carbons (Fsp3) is 0.438. The van der Waals surface area contributed by atoms with E-state index in [-0.39, 0.29) is 5.92 Å². The molecule has 1 aromatic carbocycles. The van der Waals surface area contributed by atoms with E-state index >= 15 is 0 Å². The quantitative estimate of drug-likeness (QED) is 0.895. The molecule has 100 valence electrons. The molecule has 3 heteroatoms. The van der Waals surface area contributed by atoms with Crippen molar-refractivity contribution in [3.8, 4) is 0 Å². The molecule has 19 heavy (non-hydrogen) atoms. The summed E-state index contributed by atoms with van der Waals surface area (Å²) in [6.07, 6.45) is 2.27. The lowest BCUT2D eigenvalue weighted by molar-refractivity contribution is 0.397. The third-order valence-electron chi connectivity index (χ3n) is 4.18. The zero-order valence-electron chi connectivity index (χ0n) is 11.6. The average Bonchev–Trinajstić information content (AvgIpc) is 2.76. The number of aromatic nitrogens is 2. The zero-order chi connectivity index (χ0) is 13.4. The molecule has 1 aliphatic rings. The Bertz CT molecular complexity index is 571. The third-order valence-corrected chi connectivity index (χ3v) is 4.18. The van der Waals surface area contributed by atoms with Gasteiger partial charge >= 0.3 is 0 Å². The molecule has 2 unspecified atom stereocenters. The van der Waals surface area contributed by atoms with Crippen LogP contribution in [-0.2, 0) is 13.0 Å². The first kappa shape index (κ1) is 12.3. The minimum absolute atomic E-state index is 0.259. The van der Waals surface area contributed by atoms with Crippen molar-refractivity contribution in [1.29, 1.82) is 0 Å². The topological polar surface area (TPSA) is 43.8 Å². The number of fused-ring (bicyclic) bond motifs is 1. The Balaban J connectivity index is 1.98. The van der Waals surface area contributed by atoms with Gasteiger partial charge in [0.15, 0.2) is 0 Å². The lowest BCUT2D eigenvalue weighted by atomic mass is 9.98. The number of nitrogens with two attached hydrogens (primary N) is 1. The molecule has 2 aromatic rings. The molecule has 0 aliphatic carbocycles. The normalized spacial score (nSPS) is 20.0. The summed E-state index contributed by atoms with van der Waals surface area (Å²) in [5.41, 5.74) is 8.64. The summed E-state index contributed by atoms with van der Waals surface area (Å²) in [6, 6.07) is 10.5. The SMILES string of the molecule is CC1CCc2nc(C(C)c3ccccc3)c(N)n2C1. The molecule has 0 radical (unpaired) electrons. The molecule has 0 fully saturated rings. The van der Waals surface area contributed by atoms with Gasteiger partial charge in [-0.05, 0) is 17.9 Å². The summed E-state index contributed by atoms with van der Waals surface area (Å²) in [6.45, 7) is 5.47. The van der Waals surface area contributed by atoms with Gasteiger partial charge < -0.3 is 10.3 Å². The van der Waals surface area contributed by atoms with Crippen molar-refractivity contribution in [3.63, 3.8) is 0 Å². The van der Waals surface area contributed by atoms with Crippen LogP contribution in [0.5, 0.6) is 0 Å². The highest BCUT2D eigenvalue weighted by Gasteiger charge is 2.24. The number of nitrogens with zero attached hydrogens (tertiary/aromatic N) is 2. The molecule has 0 saturated carbocycles. The molecular weight excluding hydrogens is 234 g/mol. The summed E-state index contributed by atoms with van der Waals surface area (Å²) in [7, 11) is 0. The van der Waals surface area contributed by atoms with Gasteiger partial charge in [0.05, 0.1) is 5.69 Å². The maximum absolute atomic E-state index is 6.33. The van der Waals surface area contributed by atoms with Crippen LogP contribution in [0.3, 0.4) is 0 Å². The molecule has 0 bridgehead atoms. The van der Waals surface area contributed by atoms with Crippen LogP contribution in [0.15, 0.2) is 30.3 Å². The number of imidazole rings is 1. The number of aryl methyl sites for hydroxylation is 1. The van der Waals surface area contributed by atoms with Crippen LogP contribution >= 0.6 is 0 Å². The molecule has 2 heterocycles. The third kappa shape index (κ3) is 2.14. The standard InChI is InChI=1S/C16H21N3/c1-11-8-9-14-18-15(16(17)19(14)10-11)12(2)13-6-4-3-5-7-13/h3-7,11-12H,8-10,17H2,1-2H3. The van der Waals surface area contributed by atoms with Gasteiger partial charge in [0.2, 0.25) is 0 Å². The average molecular weight is 255 g/mol. The highest BCUT2D eigenvalue weighted by atomic mass is 15.2. The first-order valence-electron chi connectivity index (χ1n) is 7.06. The molecule has 1 aromatic heterocycles. The van der Waals surface area contributed by atoms with Gasteiger partial charge in [0.25, 0.3) is 0 Å². The number of anilines is 1. The summed E-state index contributed by atoms with van der Waals surface area (Å²) >= 11 is 0. The lowest BCUT2D eigenvalue weighted by Gasteiger charge is -2.20. The van der Waals surface area contributed by atoms with E-state index in [1.165, 1.54) is 12.0 Å². The molecule has 1 aliphatic heterocycles. The van der Waals surface area contributed by atoms with Crippen LogP contribution in [0.1, 0.15) is 43.3 Å². The van der Waals surface area contributed by atoms with E-state index in [2.05, 4.69) is 42.7 Å². The predicted molar refractivity (Wildman–Crippen MR) is 78.1 cm³/mol. The van der Waals surface area contributed by atoms with Gasteiger partial charge in [-0.25, -0.2) is 4.98 Å². The minimum atomic E-state index is 0.259. The maximum Gasteiger partial charge on any atom is 0.127 e. The molecule has 2 atom stereocenters. The fourth-order valence-corrected chi connectivity index (χ4v) is 2.93. The van der Waals surface area contributed by atoms with Crippen LogP contribution in [0, 0.1) is 5.92 Å². The fourth-order valence-electron chi connectivity index (χ4n) is 2.93. The number of benzene rings is 1. The summed E-state index contributed by atoms with van der Waals surface area (Å²) in [5, 5.41) is 0.